The van der Waals surface area contributed by atoms with Crippen LogP contribution in [0.4, 0.5) is 17.3 Å². The van der Waals surface area contributed by atoms with Crippen LogP contribution < -0.4 is 15.5 Å². The van der Waals surface area contributed by atoms with Gasteiger partial charge in [-0.1, -0.05) is 38.0 Å². The molecule has 7 heteroatoms. The molecule has 4 atom stereocenters. The third-order valence-electron chi connectivity index (χ3n) is 9.37. The summed E-state index contributed by atoms with van der Waals surface area (Å²) < 4.78 is 0. The Kier molecular flexibility index (Phi) is 5.95. The summed E-state index contributed by atoms with van der Waals surface area (Å²) in [5.41, 5.74) is 10.3. The summed E-state index contributed by atoms with van der Waals surface area (Å²) in [5, 5.41) is 9.79. The first-order valence-corrected chi connectivity index (χ1v) is 12.1. The molecule has 0 radical (unpaired) electrons. The molecule has 3 N–H and O–H groups in total. The van der Waals surface area contributed by atoms with E-state index in [9.17, 15) is 9.90 Å². The highest BCUT2D eigenvalue weighted by Crippen LogP contribution is 2.64. The first-order chi connectivity index (χ1) is 15.5. The van der Waals surface area contributed by atoms with Gasteiger partial charge in [0.15, 0.2) is 11.6 Å². The number of carbonyl (C=O) groups is 1. The molecule has 3 aliphatic rings. The van der Waals surface area contributed by atoms with E-state index < -0.39 is 5.97 Å². The highest BCUT2D eigenvalue weighted by molar-refractivity contribution is 5.88. The molecule has 0 bridgehead atoms. The molecule has 1 saturated carbocycles. The number of nitrogen functional groups attached to an aromatic ring is 1. The van der Waals surface area contributed by atoms with E-state index in [1.165, 1.54) is 11.9 Å². The van der Waals surface area contributed by atoms with Crippen molar-refractivity contribution in [3.05, 3.63) is 29.1 Å². The third kappa shape index (κ3) is 3.79. The lowest BCUT2D eigenvalue weighted by molar-refractivity contribution is -0.133. The monoisotopic (exact) mass is 453 g/mol. The van der Waals surface area contributed by atoms with Crippen LogP contribution in [-0.4, -0.2) is 41.3 Å². The molecule has 7 nitrogen and oxygen atoms in total. The number of hydrogen-bond donors (Lipinski definition) is 2. The second kappa shape index (κ2) is 8.33. The number of nitrogens with zero attached hydrogens (tertiary/aromatic N) is 4. The highest BCUT2D eigenvalue weighted by Gasteiger charge is 2.56. The number of aliphatic carboxylic acids is 1. The van der Waals surface area contributed by atoms with Gasteiger partial charge < -0.3 is 20.6 Å². The molecular weight excluding hydrogens is 414 g/mol. The van der Waals surface area contributed by atoms with Gasteiger partial charge in [0.05, 0.1) is 6.67 Å². The average molecular weight is 454 g/mol. The second-order valence-electron chi connectivity index (χ2n) is 11.1. The molecule has 1 fully saturated rings. The predicted octanol–water partition coefficient (Wildman–Crippen LogP) is 4.86. The number of anilines is 3. The zero-order chi connectivity index (χ0) is 24.1. The largest absolute Gasteiger partial charge is 0.478 e. The van der Waals surface area contributed by atoms with Crippen molar-refractivity contribution in [2.24, 2.45) is 22.7 Å². The van der Waals surface area contributed by atoms with E-state index in [0.29, 0.717) is 29.6 Å². The van der Waals surface area contributed by atoms with Crippen molar-refractivity contribution in [1.82, 2.24) is 9.97 Å². The van der Waals surface area contributed by atoms with Gasteiger partial charge in [-0.25, -0.2) is 14.8 Å². The lowest BCUT2D eigenvalue weighted by Gasteiger charge is -2.54. The number of rotatable bonds is 6. The Hall–Kier alpha value is -2.57. The van der Waals surface area contributed by atoms with E-state index in [0.717, 1.165) is 56.0 Å². The molecule has 0 aromatic carbocycles. The van der Waals surface area contributed by atoms with E-state index in [1.54, 1.807) is 0 Å². The van der Waals surface area contributed by atoms with Gasteiger partial charge in [-0.05, 0) is 68.6 Å². The molecule has 4 rings (SSSR count). The van der Waals surface area contributed by atoms with Gasteiger partial charge in [0.2, 0.25) is 0 Å². The summed E-state index contributed by atoms with van der Waals surface area (Å²) >= 11 is 0. The van der Waals surface area contributed by atoms with Crippen molar-refractivity contribution in [1.29, 1.82) is 0 Å². The number of fused-ring (bicyclic) bond motifs is 2. The van der Waals surface area contributed by atoms with Gasteiger partial charge in [-0.3, -0.25) is 0 Å². The van der Waals surface area contributed by atoms with Crippen LogP contribution in [-0.2, 0) is 4.79 Å². The maximum Gasteiger partial charge on any atom is 0.331 e. The molecule has 2 heterocycles. The lowest BCUT2D eigenvalue weighted by Crippen LogP contribution is -2.46. The first kappa shape index (κ1) is 23.6. The van der Waals surface area contributed by atoms with Crippen molar-refractivity contribution in [3.63, 3.8) is 0 Å². The Morgan fingerprint density at radius 2 is 2.09 bits per heavy atom. The zero-order valence-corrected chi connectivity index (χ0v) is 21.0. The highest BCUT2D eigenvalue weighted by atomic mass is 16.4. The fourth-order valence-electron chi connectivity index (χ4n) is 6.71. The van der Waals surface area contributed by atoms with E-state index >= 15 is 0 Å². The minimum Gasteiger partial charge on any atom is -0.478 e. The Labute approximate surface area is 197 Å². The van der Waals surface area contributed by atoms with Gasteiger partial charge in [-0.15, -0.1) is 0 Å². The minimum absolute atomic E-state index is 0.00791. The number of aromatic nitrogens is 2. The SMILES string of the molecule is CC1=C(C(=O)O)C[C@@H]2[C@@](C)(CC/C(C)=C/CN3CN(C)c4ncnc(N)c43)[C@H](C)CC[C@@]12C. The summed E-state index contributed by atoms with van der Waals surface area (Å²) in [6, 6.07) is 0. The predicted molar refractivity (Wildman–Crippen MR) is 133 cm³/mol. The Morgan fingerprint density at radius 1 is 1.36 bits per heavy atom. The second-order valence-corrected chi connectivity index (χ2v) is 11.1. The summed E-state index contributed by atoms with van der Waals surface area (Å²) in [7, 11) is 2.02. The van der Waals surface area contributed by atoms with Gasteiger partial charge in [0.1, 0.15) is 12.0 Å². The van der Waals surface area contributed by atoms with Gasteiger partial charge in [-0.2, -0.15) is 0 Å². The normalized spacial score (nSPS) is 31.8. The Bertz CT molecular complexity index is 1020. The van der Waals surface area contributed by atoms with Crippen LogP contribution in [0.25, 0.3) is 0 Å². The number of carboxylic acids is 1. The number of carboxylic acid groups (broad SMARTS) is 1. The standard InChI is InChI=1S/C26H39N5O2/c1-16(9-12-31-15-30(6)23-21(31)22(27)28-14-29-23)7-10-25(4)17(2)8-11-26(5)18(3)19(24(32)33)13-20(25)26/h9,14,17,20H,7-8,10-13,15H2,1-6H3,(H,32,33)(H2,27,28,29)/b16-9+/t17-,20-,25+,26+/m1/s1. The summed E-state index contributed by atoms with van der Waals surface area (Å²) in [6.45, 7) is 12.9. The van der Waals surface area contributed by atoms with Crippen molar-refractivity contribution in [2.45, 2.75) is 66.7 Å². The molecule has 33 heavy (non-hydrogen) atoms. The molecule has 0 amide bonds. The number of hydrogen-bond acceptors (Lipinski definition) is 6. The topological polar surface area (TPSA) is 95.6 Å². The lowest BCUT2D eigenvalue weighted by atomic mass is 9.50. The van der Waals surface area contributed by atoms with Crippen LogP contribution in [0.3, 0.4) is 0 Å². The van der Waals surface area contributed by atoms with Crippen LogP contribution in [0.2, 0.25) is 0 Å². The average Bonchev–Trinajstić information content (AvgIpc) is 3.24. The first-order valence-electron chi connectivity index (χ1n) is 12.1. The van der Waals surface area contributed by atoms with Crippen LogP contribution in [0.15, 0.2) is 29.1 Å². The van der Waals surface area contributed by atoms with E-state index in [1.807, 2.05) is 7.05 Å². The fraction of sp³-hybridized carbons (Fsp3) is 0.654. The molecule has 0 unspecified atom stereocenters. The van der Waals surface area contributed by atoms with Crippen molar-refractivity contribution >= 4 is 23.3 Å². The molecule has 2 aliphatic carbocycles. The molecular formula is C26H39N5O2. The van der Waals surface area contributed by atoms with Gasteiger partial charge in [0, 0.05) is 19.2 Å². The minimum atomic E-state index is -0.728. The van der Waals surface area contributed by atoms with Crippen molar-refractivity contribution in [2.75, 3.05) is 35.8 Å². The summed E-state index contributed by atoms with van der Waals surface area (Å²) in [6.07, 6.45) is 8.88. The molecule has 1 aliphatic heterocycles. The molecule has 1 aromatic rings. The van der Waals surface area contributed by atoms with Crippen LogP contribution in [0, 0.1) is 22.7 Å². The van der Waals surface area contributed by atoms with Crippen molar-refractivity contribution < 1.29 is 9.90 Å². The van der Waals surface area contributed by atoms with Gasteiger partial charge >= 0.3 is 5.97 Å². The Morgan fingerprint density at radius 3 is 2.79 bits per heavy atom. The van der Waals surface area contributed by atoms with Gasteiger partial charge in [0.25, 0.3) is 0 Å². The zero-order valence-electron chi connectivity index (χ0n) is 21.0. The smallest absolute Gasteiger partial charge is 0.331 e. The van der Waals surface area contributed by atoms with E-state index in [2.05, 4.69) is 60.5 Å². The van der Waals surface area contributed by atoms with Crippen LogP contribution in [0.5, 0.6) is 0 Å². The third-order valence-corrected chi connectivity index (χ3v) is 9.37. The van der Waals surface area contributed by atoms with E-state index in [4.69, 9.17) is 5.73 Å². The van der Waals surface area contributed by atoms with Crippen LogP contribution in [0.1, 0.15) is 66.7 Å². The maximum atomic E-state index is 11.9. The molecule has 180 valence electrons. The summed E-state index contributed by atoms with van der Waals surface area (Å²) in [4.78, 5) is 24.8. The van der Waals surface area contributed by atoms with Crippen molar-refractivity contribution in [3.8, 4) is 0 Å². The number of allylic oxidation sites excluding steroid dienone is 2. The summed E-state index contributed by atoms with van der Waals surface area (Å²) in [5.74, 6) is 1.66. The quantitative estimate of drug-likeness (QED) is 0.594. The van der Waals surface area contributed by atoms with Crippen LogP contribution >= 0.6 is 0 Å². The maximum absolute atomic E-state index is 11.9. The molecule has 0 spiro atoms. The Balaban J connectivity index is 1.46. The molecule has 0 saturated heterocycles. The molecule has 1 aromatic heterocycles. The fourth-order valence-corrected chi connectivity index (χ4v) is 6.71. The van der Waals surface area contributed by atoms with E-state index in [-0.39, 0.29) is 10.8 Å². The number of nitrogens with two attached hydrogens (primary N) is 1.